The summed E-state index contributed by atoms with van der Waals surface area (Å²) in [6.45, 7) is 5.73. The number of alkyl carbamates (subject to hydrolysis) is 1. The van der Waals surface area contributed by atoms with Crippen LogP contribution in [0.1, 0.15) is 32.8 Å². The molecule has 1 aliphatic heterocycles. The molecule has 1 aromatic carbocycles. The fraction of sp³-hybridized carbons (Fsp3) is 0.500. The number of nitro groups is 1. The molecule has 0 saturated carbocycles. The van der Waals surface area contributed by atoms with Crippen LogP contribution in [0.4, 0.5) is 10.5 Å². The summed E-state index contributed by atoms with van der Waals surface area (Å²) < 4.78 is 5.13. The molecule has 0 radical (unpaired) electrons. The number of carboxylic acid groups (broad SMARTS) is 1. The van der Waals surface area contributed by atoms with Gasteiger partial charge < -0.3 is 9.84 Å². The minimum Gasteiger partial charge on any atom is -0.478 e. The van der Waals surface area contributed by atoms with Crippen LogP contribution in [-0.2, 0) is 16.1 Å². The maximum absolute atomic E-state index is 12.0. The number of rotatable bonds is 5. The lowest BCUT2D eigenvalue weighted by molar-refractivity contribution is -0.384. The predicted molar refractivity (Wildman–Crippen MR) is 91.0 cm³/mol. The Morgan fingerprint density at radius 2 is 2.00 bits per heavy atom. The highest BCUT2D eigenvalue weighted by molar-refractivity contribution is 5.84. The fourth-order valence-corrected chi connectivity index (χ4v) is 2.52. The number of non-ortho nitro benzene ring substituents is 1. The Morgan fingerprint density at radius 1 is 1.38 bits per heavy atom. The van der Waals surface area contributed by atoms with Crippen molar-refractivity contribution in [3.05, 3.63) is 39.9 Å². The minimum atomic E-state index is -1.66. The summed E-state index contributed by atoms with van der Waals surface area (Å²) in [5.41, 5.74) is 1.13. The van der Waals surface area contributed by atoms with Crippen molar-refractivity contribution < 1.29 is 24.4 Å². The first-order valence-corrected chi connectivity index (χ1v) is 8.01. The topological polar surface area (TPSA) is 134 Å². The van der Waals surface area contributed by atoms with Crippen molar-refractivity contribution in [2.45, 2.75) is 45.0 Å². The van der Waals surface area contributed by atoms with Gasteiger partial charge in [0.1, 0.15) is 5.60 Å². The molecule has 26 heavy (non-hydrogen) atoms. The summed E-state index contributed by atoms with van der Waals surface area (Å²) in [6.07, 6.45) is -0.696. The van der Waals surface area contributed by atoms with E-state index >= 15 is 0 Å². The van der Waals surface area contributed by atoms with Crippen LogP contribution < -0.4 is 10.7 Å². The molecule has 1 fully saturated rings. The summed E-state index contributed by atoms with van der Waals surface area (Å²) >= 11 is 0. The predicted octanol–water partition coefficient (Wildman–Crippen LogP) is 1.61. The molecule has 2 rings (SSSR count). The van der Waals surface area contributed by atoms with Crippen molar-refractivity contribution in [3.8, 4) is 0 Å². The fourth-order valence-electron chi connectivity index (χ4n) is 2.52. The van der Waals surface area contributed by atoms with E-state index in [-0.39, 0.29) is 12.1 Å². The molecular formula is C16H22N4O6. The molecule has 3 N–H and O–H groups in total. The monoisotopic (exact) mass is 366 g/mol. The Kier molecular flexibility index (Phi) is 5.47. The van der Waals surface area contributed by atoms with Crippen LogP contribution in [0.15, 0.2) is 24.3 Å². The first-order valence-electron chi connectivity index (χ1n) is 8.01. The first-order chi connectivity index (χ1) is 12.0. The Morgan fingerprint density at radius 3 is 2.50 bits per heavy atom. The normalized spacial score (nSPS) is 20.6. The van der Waals surface area contributed by atoms with E-state index in [0.717, 1.165) is 5.56 Å². The number of carboxylic acids is 1. The molecule has 1 amide bonds. The summed E-state index contributed by atoms with van der Waals surface area (Å²) in [4.78, 5) is 33.9. The first kappa shape index (κ1) is 19.6. The number of carbonyl (C=O) groups is 2. The van der Waals surface area contributed by atoms with E-state index in [0.29, 0.717) is 13.1 Å². The van der Waals surface area contributed by atoms with Crippen molar-refractivity contribution in [3.63, 3.8) is 0 Å². The van der Waals surface area contributed by atoms with Gasteiger partial charge in [0.15, 0.2) is 0 Å². The average molecular weight is 366 g/mol. The van der Waals surface area contributed by atoms with E-state index in [1.807, 2.05) is 0 Å². The Bertz CT molecular complexity index is 700. The number of hydrogen-bond acceptors (Lipinski definition) is 7. The molecule has 1 saturated heterocycles. The summed E-state index contributed by atoms with van der Waals surface area (Å²) in [5.74, 6) is -1.23. The van der Waals surface area contributed by atoms with E-state index in [1.165, 1.54) is 12.1 Å². The maximum Gasteiger partial charge on any atom is 0.409 e. The van der Waals surface area contributed by atoms with Gasteiger partial charge in [0.05, 0.1) is 4.92 Å². The van der Waals surface area contributed by atoms with Gasteiger partial charge in [-0.05, 0) is 26.3 Å². The average Bonchev–Trinajstić information content (AvgIpc) is 2.89. The molecule has 1 aromatic rings. The van der Waals surface area contributed by atoms with Crippen molar-refractivity contribution in [1.29, 1.82) is 0 Å². The lowest BCUT2D eigenvalue weighted by Gasteiger charge is -2.29. The zero-order chi connectivity index (χ0) is 19.5. The number of hydrogen-bond donors (Lipinski definition) is 3. The number of hydrazine groups is 1. The third kappa shape index (κ3) is 4.90. The van der Waals surface area contributed by atoms with Gasteiger partial charge in [0.2, 0.25) is 5.66 Å². The van der Waals surface area contributed by atoms with Gasteiger partial charge >= 0.3 is 12.1 Å². The van der Waals surface area contributed by atoms with Crippen LogP contribution >= 0.6 is 0 Å². The van der Waals surface area contributed by atoms with E-state index in [1.54, 1.807) is 37.9 Å². The highest BCUT2D eigenvalue weighted by atomic mass is 16.6. The zero-order valence-corrected chi connectivity index (χ0v) is 14.8. The van der Waals surface area contributed by atoms with Crippen molar-refractivity contribution >= 4 is 17.7 Å². The van der Waals surface area contributed by atoms with E-state index < -0.39 is 28.2 Å². The summed E-state index contributed by atoms with van der Waals surface area (Å²) in [7, 11) is 0. The van der Waals surface area contributed by atoms with Crippen molar-refractivity contribution in [2.24, 2.45) is 0 Å². The van der Waals surface area contributed by atoms with Gasteiger partial charge in [-0.25, -0.2) is 20.0 Å². The Labute approximate surface area is 150 Å². The number of nitro benzene ring substituents is 1. The van der Waals surface area contributed by atoms with Gasteiger partial charge in [0, 0.05) is 31.6 Å². The second-order valence-corrected chi connectivity index (χ2v) is 7.04. The second-order valence-electron chi connectivity index (χ2n) is 7.04. The molecule has 1 heterocycles. The quantitative estimate of drug-likeness (QED) is 0.528. The van der Waals surface area contributed by atoms with Gasteiger partial charge in [0.25, 0.3) is 5.69 Å². The van der Waals surface area contributed by atoms with Crippen LogP contribution in [0, 0.1) is 10.1 Å². The summed E-state index contributed by atoms with van der Waals surface area (Å²) in [5, 5.41) is 24.3. The van der Waals surface area contributed by atoms with Crippen LogP contribution in [-0.4, -0.2) is 44.9 Å². The molecule has 0 bridgehead atoms. The van der Waals surface area contributed by atoms with E-state index in [9.17, 15) is 24.8 Å². The smallest absolute Gasteiger partial charge is 0.409 e. The zero-order valence-electron chi connectivity index (χ0n) is 14.8. The standard InChI is InChI=1S/C16H22N4O6/c1-15(2,3)26-14(23)17-16(13(21)22)8-9-19(18-16)10-11-4-6-12(7-5-11)20(24)25/h4-7,18H,8-10H2,1-3H3,(H,17,23)(H,21,22). The number of benzene rings is 1. The molecule has 0 aromatic heterocycles. The molecule has 1 unspecified atom stereocenters. The van der Waals surface area contributed by atoms with Crippen molar-refractivity contribution in [1.82, 2.24) is 15.8 Å². The highest BCUT2D eigenvalue weighted by Crippen LogP contribution is 2.21. The van der Waals surface area contributed by atoms with Crippen molar-refractivity contribution in [2.75, 3.05) is 6.54 Å². The lowest BCUT2D eigenvalue weighted by atomic mass is 10.1. The number of nitrogens with zero attached hydrogens (tertiary/aromatic N) is 2. The van der Waals surface area contributed by atoms with Gasteiger partial charge in [-0.3, -0.25) is 15.4 Å². The number of ether oxygens (including phenoxy) is 1. The molecule has 1 aliphatic rings. The Balaban J connectivity index is 2.03. The summed E-state index contributed by atoms with van der Waals surface area (Å²) in [6, 6.07) is 5.97. The second kappa shape index (κ2) is 7.26. The number of carbonyl (C=O) groups excluding carboxylic acids is 1. The van der Waals surface area contributed by atoms with Crippen LogP contribution in [0.3, 0.4) is 0 Å². The van der Waals surface area contributed by atoms with Crippen LogP contribution in [0.25, 0.3) is 0 Å². The molecule has 0 aliphatic carbocycles. The third-order valence-corrected chi connectivity index (χ3v) is 3.71. The number of nitrogens with one attached hydrogen (secondary N) is 2. The Hall–Kier alpha value is -2.72. The van der Waals surface area contributed by atoms with E-state index in [4.69, 9.17) is 4.74 Å². The SMILES string of the molecule is CC(C)(C)OC(=O)NC1(C(=O)O)CCN(Cc2ccc([N+](=O)[O-])cc2)N1. The minimum absolute atomic E-state index is 0.0189. The van der Waals surface area contributed by atoms with Crippen LogP contribution in [0.2, 0.25) is 0 Å². The molecule has 1 atom stereocenters. The van der Waals surface area contributed by atoms with Crippen LogP contribution in [0.5, 0.6) is 0 Å². The number of amides is 1. The highest BCUT2D eigenvalue weighted by Gasteiger charge is 2.46. The van der Waals surface area contributed by atoms with Gasteiger partial charge in [-0.2, -0.15) is 0 Å². The van der Waals surface area contributed by atoms with Gasteiger partial charge in [-0.15, -0.1) is 0 Å². The molecular weight excluding hydrogens is 344 g/mol. The largest absolute Gasteiger partial charge is 0.478 e. The number of aliphatic carboxylic acids is 1. The molecule has 10 heteroatoms. The lowest BCUT2D eigenvalue weighted by Crippen LogP contribution is -2.63. The molecule has 142 valence electrons. The van der Waals surface area contributed by atoms with E-state index in [2.05, 4.69) is 10.7 Å². The third-order valence-electron chi connectivity index (χ3n) is 3.71. The molecule has 10 nitrogen and oxygen atoms in total. The molecule has 0 spiro atoms. The van der Waals surface area contributed by atoms with Gasteiger partial charge in [-0.1, -0.05) is 12.1 Å². The maximum atomic E-state index is 12.0.